The van der Waals surface area contributed by atoms with Crippen LogP contribution < -0.4 is 10.1 Å². The van der Waals surface area contributed by atoms with Crippen molar-refractivity contribution >= 4 is 17.5 Å². The van der Waals surface area contributed by atoms with Crippen molar-refractivity contribution in [1.82, 2.24) is 15.5 Å². The average molecular weight is 344 g/mol. The van der Waals surface area contributed by atoms with Gasteiger partial charge in [-0.1, -0.05) is 35.0 Å². The first-order valence-corrected chi connectivity index (χ1v) is 7.55. The summed E-state index contributed by atoms with van der Waals surface area (Å²) in [6, 6.07) is 14.4. The summed E-state index contributed by atoms with van der Waals surface area (Å²) < 4.78 is 10.1. The Morgan fingerprint density at radius 2 is 1.96 bits per heavy atom. The molecule has 1 amide bonds. The molecule has 0 unspecified atom stereocenters. The molecule has 0 spiro atoms. The van der Waals surface area contributed by atoms with Crippen LogP contribution >= 0.6 is 11.6 Å². The molecule has 6 nitrogen and oxygen atoms in total. The highest BCUT2D eigenvalue weighted by Crippen LogP contribution is 2.20. The van der Waals surface area contributed by atoms with Gasteiger partial charge in [-0.25, -0.2) is 0 Å². The SMILES string of the molecule is COc1ccc(-c2noc(C(=O)NCc3ccccc3Cl)n2)cc1. The third-order valence-electron chi connectivity index (χ3n) is 3.37. The molecule has 3 aromatic rings. The minimum atomic E-state index is -0.456. The van der Waals surface area contributed by atoms with E-state index < -0.39 is 5.91 Å². The zero-order valence-corrected chi connectivity index (χ0v) is 13.6. The fraction of sp³-hybridized carbons (Fsp3) is 0.118. The van der Waals surface area contributed by atoms with Gasteiger partial charge in [-0.15, -0.1) is 0 Å². The normalized spacial score (nSPS) is 10.4. The van der Waals surface area contributed by atoms with E-state index in [-0.39, 0.29) is 12.4 Å². The molecule has 0 aliphatic heterocycles. The van der Waals surface area contributed by atoms with Crippen molar-refractivity contribution < 1.29 is 14.1 Å². The number of benzene rings is 2. The predicted octanol–water partition coefficient (Wildman–Crippen LogP) is 3.33. The van der Waals surface area contributed by atoms with Gasteiger partial charge in [0, 0.05) is 17.1 Å². The first kappa shape index (κ1) is 16.0. The van der Waals surface area contributed by atoms with Crippen LogP contribution in [0.4, 0.5) is 0 Å². The van der Waals surface area contributed by atoms with E-state index in [0.29, 0.717) is 10.8 Å². The van der Waals surface area contributed by atoms with Crippen LogP contribution in [-0.2, 0) is 6.54 Å². The number of methoxy groups -OCH3 is 1. The zero-order valence-electron chi connectivity index (χ0n) is 12.8. The van der Waals surface area contributed by atoms with E-state index in [1.54, 1.807) is 37.4 Å². The van der Waals surface area contributed by atoms with E-state index >= 15 is 0 Å². The van der Waals surface area contributed by atoms with Gasteiger partial charge in [-0.3, -0.25) is 4.79 Å². The maximum atomic E-state index is 12.1. The monoisotopic (exact) mass is 343 g/mol. The Balaban J connectivity index is 1.68. The average Bonchev–Trinajstić information content (AvgIpc) is 3.11. The Labute approximate surface area is 143 Å². The number of nitrogens with zero attached hydrogens (tertiary/aromatic N) is 2. The number of halogens is 1. The largest absolute Gasteiger partial charge is 0.497 e. The molecule has 7 heteroatoms. The maximum absolute atomic E-state index is 12.1. The Kier molecular flexibility index (Phi) is 4.77. The Hall–Kier alpha value is -2.86. The summed E-state index contributed by atoms with van der Waals surface area (Å²) in [5.41, 5.74) is 1.53. The van der Waals surface area contributed by atoms with Gasteiger partial charge in [-0.05, 0) is 35.9 Å². The fourth-order valence-corrected chi connectivity index (χ4v) is 2.27. The van der Waals surface area contributed by atoms with Crippen LogP contribution in [0.1, 0.15) is 16.2 Å². The highest BCUT2D eigenvalue weighted by atomic mass is 35.5. The minimum Gasteiger partial charge on any atom is -0.497 e. The predicted molar refractivity (Wildman–Crippen MR) is 88.9 cm³/mol. The molecule has 0 aliphatic rings. The van der Waals surface area contributed by atoms with Crippen LogP contribution in [0.15, 0.2) is 53.1 Å². The van der Waals surface area contributed by atoms with Gasteiger partial charge in [0.05, 0.1) is 7.11 Å². The quantitative estimate of drug-likeness (QED) is 0.768. The molecule has 0 aliphatic carbocycles. The van der Waals surface area contributed by atoms with Crippen LogP contribution in [0, 0.1) is 0 Å². The second-order valence-corrected chi connectivity index (χ2v) is 5.33. The summed E-state index contributed by atoms with van der Waals surface area (Å²) in [7, 11) is 1.59. The molecule has 0 bridgehead atoms. The van der Waals surface area contributed by atoms with E-state index in [0.717, 1.165) is 16.9 Å². The molecule has 1 heterocycles. The third kappa shape index (κ3) is 3.55. The van der Waals surface area contributed by atoms with Gasteiger partial charge in [0.25, 0.3) is 0 Å². The summed E-state index contributed by atoms with van der Waals surface area (Å²) in [5, 5.41) is 7.11. The Morgan fingerprint density at radius 3 is 2.67 bits per heavy atom. The third-order valence-corrected chi connectivity index (χ3v) is 3.73. The van der Waals surface area contributed by atoms with Crippen LogP contribution in [-0.4, -0.2) is 23.2 Å². The number of carbonyl (C=O) groups is 1. The van der Waals surface area contributed by atoms with Crippen molar-refractivity contribution in [3.8, 4) is 17.1 Å². The minimum absolute atomic E-state index is 0.104. The Bertz CT molecular complexity index is 846. The van der Waals surface area contributed by atoms with Crippen LogP contribution in [0.5, 0.6) is 5.75 Å². The number of aromatic nitrogens is 2. The molecule has 1 N–H and O–H groups in total. The summed E-state index contributed by atoms with van der Waals surface area (Å²) in [5.74, 6) is 0.496. The number of carbonyl (C=O) groups excluding carboxylic acids is 1. The second kappa shape index (κ2) is 7.14. The van der Waals surface area contributed by atoms with Crippen molar-refractivity contribution in [2.75, 3.05) is 7.11 Å². The first-order valence-electron chi connectivity index (χ1n) is 7.17. The van der Waals surface area contributed by atoms with Crippen molar-refractivity contribution in [3.63, 3.8) is 0 Å². The molecule has 0 saturated carbocycles. The summed E-state index contributed by atoms with van der Waals surface area (Å²) in [4.78, 5) is 16.2. The summed E-state index contributed by atoms with van der Waals surface area (Å²) in [6.45, 7) is 0.277. The number of nitrogens with one attached hydrogen (secondary N) is 1. The van der Waals surface area contributed by atoms with E-state index in [1.165, 1.54) is 0 Å². The lowest BCUT2D eigenvalue weighted by Gasteiger charge is -2.04. The van der Waals surface area contributed by atoms with Crippen LogP contribution in [0.25, 0.3) is 11.4 Å². The second-order valence-electron chi connectivity index (χ2n) is 4.93. The lowest BCUT2D eigenvalue weighted by atomic mass is 10.2. The number of ether oxygens (including phenoxy) is 1. The number of hydrogen-bond donors (Lipinski definition) is 1. The molecule has 24 heavy (non-hydrogen) atoms. The first-order chi connectivity index (χ1) is 11.7. The smallest absolute Gasteiger partial charge is 0.316 e. The lowest BCUT2D eigenvalue weighted by Crippen LogP contribution is -2.23. The van der Waals surface area contributed by atoms with Gasteiger partial charge in [0.2, 0.25) is 5.82 Å². The molecule has 0 saturated heterocycles. The van der Waals surface area contributed by atoms with Crippen LogP contribution in [0.3, 0.4) is 0 Å². The molecule has 122 valence electrons. The van der Waals surface area contributed by atoms with Gasteiger partial charge in [0.1, 0.15) is 5.75 Å². The highest BCUT2D eigenvalue weighted by Gasteiger charge is 2.16. The summed E-state index contributed by atoms with van der Waals surface area (Å²) >= 11 is 6.05. The van der Waals surface area contributed by atoms with E-state index in [1.807, 2.05) is 18.2 Å². The molecule has 2 aromatic carbocycles. The van der Waals surface area contributed by atoms with Crippen molar-refractivity contribution in [2.24, 2.45) is 0 Å². The highest BCUT2D eigenvalue weighted by molar-refractivity contribution is 6.31. The fourth-order valence-electron chi connectivity index (χ4n) is 2.07. The Morgan fingerprint density at radius 1 is 1.21 bits per heavy atom. The van der Waals surface area contributed by atoms with Crippen molar-refractivity contribution in [3.05, 3.63) is 65.0 Å². The number of rotatable bonds is 5. The number of amides is 1. The summed E-state index contributed by atoms with van der Waals surface area (Å²) in [6.07, 6.45) is 0. The van der Waals surface area contributed by atoms with E-state index in [4.69, 9.17) is 20.9 Å². The van der Waals surface area contributed by atoms with Gasteiger partial charge < -0.3 is 14.6 Å². The standard InChI is InChI=1S/C17H14ClN3O3/c1-23-13-8-6-11(7-9-13)15-20-17(24-21-15)16(22)19-10-12-4-2-3-5-14(12)18/h2-9H,10H2,1H3,(H,19,22). The molecule has 3 rings (SSSR count). The molecular weight excluding hydrogens is 330 g/mol. The molecule has 0 atom stereocenters. The maximum Gasteiger partial charge on any atom is 0.316 e. The van der Waals surface area contributed by atoms with E-state index in [9.17, 15) is 4.79 Å². The topological polar surface area (TPSA) is 77.2 Å². The number of hydrogen-bond acceptors (Lipinski definition) is 5. The molecule has 0 radical (unpaired) electrons. The zero-order chi connectivity index (χ0) is 16.9. The van der Waals surface area contributed by atoms with E-state index in [2.05, 4.69) is 15.5 Å². The molecular formula is C17H14ClN3O3. The van der Waals surface area contributed by atoms with Gasteiger partial charge in [-0.2, -0.15) is 4.98 Å². The van der Waals surface area contributed by atoms with Crippen molar-refractivity contribution in [1.29, 1.82) is 0 Å². The van der Waals surface area contributed by atoms with Gasteiger partial charge >= 0.3 is 11.8 Å². The van der Waals surface area contributed by atoms with Gasteiger partial charge in [0.15, 0.2) is 0 Å². The van der Waals surface area contributed by atoms with Crippen molar-refractivity contribution in [2.45, 2.75) is 6.54 Å². The lowest BCUT2D eigenvalue weighted by molar-refractivity contribution is 0.0907. The molecule has 0 fully saturated rings. The molecule has 1 aromatic heterocycles. The van der Waals surface area contributed by atoms with Crippen LogP contribution in [0.2, 0.25) is 5.02 Å².